The first-order valence-electron chi connectivity index (χ1n) is 15.2. The summed E-state index contributed by atoms with van der Waals surface area (Å²) in [4.78, 5) is 0. The normalized spacial score (nSPS) is 13.5. The zero-order valence-electron chi connectivity index (χ0n) is 24.4. The van der Waals surface area contributed by atoms with Gasteiger partial charge >= 0.3 is 0 Å². The van der Waals surface area contributed by atoms with Crippen LogP contribution in [0.25, 0.3) is 76.8 Å². The Morgan fingerprint density at radius 1 is 0.349 bits per heavy atom. The van der Waals surface area contributed by atoms with Crippen molar-refractivity contribution < 1.29 is 0 Å². The molecule has 8 aromatic carbocycles. The van der Waals surface area contributed by atoms with E-state index in [0.29, 0.717) is 0 Å². The third-order valence-corrected chi connectivity index (χ3v) is 9.84. The van der Waals surface area contributed by atoms with Crippen molar-refractivity contribution in [3.8, 4) is 44.5 Å². The summed E-state index contributed by atoms with van der Waals surface area (Å²) < 4.78 is 0. The lowest BCUT2D eigenvalue weighted by Gasteiger charge is -2.22. The minimum absolute atomic E-state index is 0.0624. The summed E-state index contributed by atoms with van der Waals surface area (Å²) >= 11 is 0. The van der Waals surface area contributed by atoms with E-state index in [1.54, 1.807) is 0 Å². The average Bonchev–Trinajstić information content (AvgIpc) is 3.29. The van der Waals surface area contributed by atoms with Crippen molar-refractivity contribution in [2.24, 2.45) is 0 Å². The molecule has 43 heavy (non-hydrogen) atoms. The van der Waals surface area contributed by atoms with Crippen LogP contribution in [0.3, 0.4) is 0 Å². The molecular weight excluding hydrogens is 516 g/mol. The van der Waals surface area contributed by atoms with Crippen LogP contribution in [0.5, 0.6) is 0 Å². The molecule has 0 nitrogen and oxygen atoms in total. The second kappa shape index (κ2) is 8.90. The monoisotopic (exact) mass is 546 g/mol. The van der Waals surface area contributed by atoms with Crippen LogP contribution in [-0.4, -0.2) is 0 Å². The number of hydrogen-bond acceptors (Lipinski definition) is 0. The van der Waals surface area contributed by atoms with E-state index >= 15 is 0 Å². The van der Waals surface area contributed by atoms with Crippen molar-refractivity contribution in [1.82, 2.24) is 0 Å². The summed E-state index contributed by atoms with van der Waals surface area (Å²) in [6.07, 6.45) is 0. The van der Waals surface area contributed by atoms with Gasteiger partial charge in [0.05, 0.1) is 0 Å². The maximum Gasteiger partial charge on any atom is 0.0159 e. The summed E-state index contributed by atoms with van der Waals surface area (Å²) in [5.74, 6) is 0. The molecule has 0 aliphatic heterocycles. The second-order valence-corrected chi connectivity index (χ2v) is 12.6. The Kier molecular flexibility index (Phi) is 5.05. The molecule has 0 bridgehead atoms. The Hall–Kier alpha value is -5.20. The first-order chi connectivity index (χ1) is 21.1. The van der Waals surface area contributed by atoms with E-state index in [-0.39, 0.29) is 5.41 Å². The molecule has 0 saturated heterocycles. The van der Waals surface area contributed by atoms with Gasteiger partial charge in [0.15, 0.2) is 0 Å². The standard InChI is InChI=1S/C43H30/c1-43(2)39-25-33(27-7-4-3-5-8-27)19-22-36(39)37-23-20-34(26-40(37)43)28-11-13-29(14-12-28)35-21-17-32-16-15-30-9-6-10-31-18-24-38(35)42(32)41(30)31/h3-26H,1-2H3. The third-order valence-electron chi connectivity index (χ3n) is 9.84. The van der Waals surface area contributed by atoms with E-state index in [1.807, 2.05) is 0 Å². The second-order valence-electron chi connectivity index (χ2n) is 12.6. The van der Waals surface area contributed by atoms with E-state index in [1.165, 1.54) is 88.0 Å². The summed E-state index contributed by atoms with van der Waals surface area (Å²) in [5, 5.41) is 7.97. The number of fused-ring (bicyclic) bond motifs is 3. The Labute approximate surface area is 252 Å². The smallest absolute Gasteiger partial charge is 0.0159 e. The first-order valence-corrected chi connectivity index (χ1v) is 15.2. The van der Waals surface area contributed by atoms with Crippen LogP contribution in [0.4, 0.5) is 0 Å². The molecule has 202 valence electrons. The van der Waals surface area contributed by atoms with E-state index in [4.69, 9.17) is 0 Å². The lowest BCUT2D eigenvalue weighted by Crippen LogP contribution is -2.15. The maximum absolute atomic E-state index is 2.42. The van der Waals surface area contributed by atoms with Crippen molar-refractivity contribution in [2.45, 2.75) is 19.3 Å². The van der Waals surface area contributed by atoms with Gasteiger partial charge in [-0.2, -0.15) is 0 Å². The first kappa shape index (κ1) is 24.4. The fourth-order valence-corrected chi connectivity index (χ4v) is 7.56. The van der Waals surface area contributed by atoms with Gasteiger partial charge in [-0.05, 0) is 100 Å². The molecule has 0 heterocycles. The van der Waals surface area contributed by atoms with E-state index in [2.05, 4.69) is 159 Å². The fraction of sp³-hybridized carbons (Fsp3) is 0.0698. The van der Waals surface area contributed by atoms with Gasteiger partial charge in [-0.25, -0.2) is 0 Å². The lowest BCUT2D eigenvalue weighted by atomic mass is 9.81. The van der Waals surface area contributed by atoms with Crippen molar-refractivity contribution in [2.75, 3.05) is 0 Å². The summed E-state index contributed by atoms with van der Waals surface area (Å²) in [6.45, 7) is 4.74. The quantitative estimate of drug-likeness (QED) is 0.193. The maximum atomic E-state index is 2.42. The van der Waals surface area contributed by atoms with E-state index in [0.717, 1.165) is 0 Å². The number of hydrogen-bond donors (Lipinski definition) is 0. The molecule has 0 spiro atoms. The molecule has 0 fully saturated rings. The van der Waals surface area contributed by atoms with Crippen LogP contribution in [0.2, 0.25) is 0 Å². The molecule has 0 N–H and O–H groups in total. The Balaban J connectivity index is 1.10. The highest BCUT2D eigenvalue weighted by Gasteiger charge is 2.35. The third kappa shape index (κ3) is 3.57. The van der Waals surface area contributed by atoms with E-state index < -0.39 is 0 Å². The minimum atomic E-state index is -0.0624. The predicted octanol–water partition coefficient (Wildman–Crippen LogP) is 11.9. The highest BCUT2D eigenvalue weighted by molar-refractivity contribution is 6.25. The van der Waals surface area contributed by atoms with Crippen molar-refractivity contribution in [3.05, 3.63) is 157 Å². The highest BCUT2D eigenvalue weighted by atomic mass is 14.4. The molecular formula is C43H30. The molecule has 8 aromatic rings. The van der Waals surface area contributed by atoms with Gasteiger partial charge in [0.2, 0.25) is 0 Å². The van der Waals surface area contributed by atoms with Gasteiger partial charge in [0.1, 0.15) is 0 Å². The molecule has 0 saturated carbocycles. The van der Waals surface area contributed by atoms with Crippen LogP contribution in [0.1, 0.15) is 25.0 Å². The van der Waals surface area contributed by atoms with Crippen molar-refractivity contribution in [3.63, 3.8) is 0 Å². The van der Waals surface area contributed by atoms with Crippen LogP contribution < -0.4 is 0 Å². The van der Waals surface area contributed by atoms with Crippen LogP contribution in [-0.2, 0) is 5.41 Å². The Morgan fingerprint density at radius 3 is 1.49 bits per heavy atom. The van der Waals surface area contributed by atoms with Gasteiger partial charge in [-0.1, -0.05) is 147 Å². The zero-order valence-corrected chi connectivity index (χ0v) is 24.4. The summed E-state index contributed by atoms with van der Waals surface area (Å²) in [6, 6.07) is 54.1. The van der Waals surface area contributed by atoms with Gasteiger partial charge in [-0.3, -0.25) is 0 Å². The molecule has 0 radical (unpaired) electrons. The van der Waals surface area contributed by atoms with E-state index in [9.17, 15) is 0 Å². The molecule has 9 rings (SSSR count). The minimum Gasteiger partial charge on any atom is -0.0622 e. The summed E-state index contributed by atoms with van der Waals surface area (Å²) in [7, 11) is 0. The van der Waals surface area contributed by atoms with Crippen LogP contribution in [0.15, 0.2) is 146 Å². The highest BCUT2D eigenvalue weighted by Crippen LogP contribution is 2.50. The zero-order chi connectivity index (χ0) is 28.7. The molecule has 0 unspecified atom stereocenters. The molecule has 1 aliphatic rings. The molecule has 0 aromatic heterocycles. The predicted molar refractivity (Wildman–Crippen MR) is 184 cm³/mol. The van der Waals surface area contributed by atoms with Crippen molar-refractivity contribution >= 4 is 32.3 Å². The topological polar surface area (TPSA) is 0 Å². The lowest BCUT2D eigenvalue weighted by molar-refractivity contribution is 0.661. The van der Waals surface area contributed by atoms with Gasteiger partial charge < -0.3 is 0 Å². The molecule has 0 amide bonds. The molecule has 1 aliphatic carbocycles. The SMILES string of the molecule is CC1(C)c2cc(-c3ccccc3)ccc2-c2ccc(-c3ccc(-c4ccc5ccc6cccc7ccc4c5c67)cc3)cc21. The average molecular weight is 547 g/mol. The van der Waals surface area contributed by atoms with Gasteiger partial charge in [-0.15, -0.1) is 0 Å². The fourth-order valence-electron chi connectivity index (χ4n) is 7.56. The van der Waals surface area contributed by atoms with Gasteiger partial charge in [0.25, 0.3) is 0 Å². The number of rotatable bonds is 3. The Morgan fingerprint density at radius 2 is 0.837 bits per heavy atom. The number of benzene rings is 8. The van der Waals surface area contributed by atoms with Crippen LogP contribution in [0, 0.1) is 0 Å². The Bertz CT molecular complexity index is 2320. The molecule has 0 heteroatoms. The molecule has 0 atom stereocenters. The largest absolute Gasteiger partial charge is 0.0622 e. The summed E-state index contributed by atoms with van der Waals surface area (Å²) in [5.41, 5.74) is 13.1. The van der Waals surface area contributed by atoms with Gasteiger partial charge in [0, 0.05) is 5.41 Å². The van der Waals surface area contributed by atoms with Crippen LogP contribution >= 0.6 is 0 Å². The van der Waals surface area contributed by atoms with Crippen molar-refractivity contribution in [1.29, 1.82) is 0 Å².